The molecule has 1 aromatic carbocycles. The van der Waals surface area contributed by atoms with Gasteiger partial charge in [-0.3, -0.25) is 4.79 Å². The SMILES string of the molecule is CSCC[C@H](N)C(=O)Nc1c(C(C)C)cccc1C(C)C. The number of hydrogen-bond donors (Lipinski definition) is 2. The maximum Gasteiger partial charge on any atom is 0.241 e. The molecule has 0 aliphatic heterocycles. The monoisotopic (exact) mass is 308 g/mol. The van der Waals surface area contributed by atoms with E-state index < -0.39 is 6.04 Å². The zero-order valence-electron chi connectivity index (χ0n) is 13.8. The maximum atomic E-state index is 12.3. The van der Waals surface area contributed by atoms with Crippen molar-refractivity contribution in [2.45, 2.75) is 52.0 Å². The van der Waals surface area contributed by atoms with Crippen molar-refractivity contribution in [3.8, 4) is 0 Å². The minimum Gasteiger partial charge on any atom is -0.324 e. The highest BCUT2D eigenvalue weighted by atomic mass is 32.2. The lowest BCUT2D eigenvalue weighted by Gasteiger charge is -2.21. The largest absolute Gasteiger partial charge is 0.324 e. The van der Waals surface area contributed by atoms with Crippen molar-refractivity contribution in [2.24, 2.45) is 5.73 Å². The first kappa shape index (κ1) is 18.1. The van der Waals surface area contributed by atoms with E-state index in [-0.39, 0.29) is 5.91 Å². The zero-order chi connectivity index (χ0) is 16.0. The molecule has 1 aromatic rings. The van der Waals surface area contributed by atoms with Crippen LogP contribution in [0.4, 0.5) is 5.69 Å². The second-order valence-electron chi connectivity index (χ2n) is 6.00. The molecule has 3 nitrogen and oxygen atoms in total. The quantitative estimate of drug-likeness (QED) is 0.802. The number of nitrogens with two attached hydrogens (primary N) is 1. The fraction of sp³-hybridized carbons (Fsp3) is 0.588. The molecule has 1 amide bonds. The third-order valence-electron chi connectivity index (χ3n) is 3.59. The van der Waals surface area contributed by atoms with E-state index in [1.54, 1.807) is 11.8 Å². The number of para-hydroxylation sites is 1. The topological polar surface area (TPSA) is 55.1 Å². The molecule has 0 heterocycles. The molecule has 0 aliphatic carbocycles. The third-order valence-corrected chi connectivity index (χ3v) is 4.23. The van der Waals surface area contributed by atoms with E-state index >= 15 is 0 Å². The van der Waals surface area contributed by atoms with E-state index in [2.05, 4.69) is 51.2 Å². The molecular formula is C17H28N2OS. The molecule has 0 aliphatic rings. The molecule has 0 unspecified atom stereocenters. The zero-order valence-corrected chi connectivity index (χ0v) is 14.6. The molecule has 3 N–H and O–H groups in total. The average molecular weight is 308 g/mol. The molecule has 21 heavy (non-hydrogen) atoms. The summed E-state index contributed by atoms with van der Waals surface area (Å²) in [5, 5.41) is 3.08. The molecule has 0 spiro atoms. The number of nitrogens with one attached hydrogen (secondary N) is 1. The summed E-state index contributed by atoms with van der Waals surface area (Å²) in [6.45, 7) is 8.57. The van der Waals surface area contributed by atoms with Crippen molar-refractivity contribution < 1.29 is 4.79 Å². The Labute approximate surface area is 133 Å². The Bertz CT molecular complexity index is 446. The van der Waals surface area contributed by atoms with Gasteiger partial charge in [0.25, 0.3) is 0 Å². The molecule has 1 rings (SSSR count). The second-order valence-corrected chi connectivity index (χ2v) is 6.98. The molecule has 0 aromatic heterocycles. The highest BCUT2D eigenvalue weighted by Gasteiger charge is 2.19. The summed E-state index contributed by atoms with van der Waals surface area (Å²) >= 11 is 1.71. The van der Waals surface area contributed by atoms with Crippen molar-refractivity contribution in [3.63, 3.8) is 0 Å². The van der Waals surface area contributed by atoms with Crippen molar-refractivity contribution in [2.75, 3.05) is 17.3 Å². The summed E-state index contributed by atoms with van der Waals surface area (Å²) < 4.78 is 0. The van der Waals surface area contributed by atoms with Crippen LogP contribution in [0.5, 0.6) is 0 Å². The van der Waals surface area contributed by atoms with Crippen molar-refractivity contribution in [3.05, 3.63) is 29.3 Å². The molecule has 0 radical (unpaired) electrons. The molecule has 0 fully saturated rings. The molecule has 4 heteroatoms. The Morgan fingerprint density at radius 2 is 1.71 bits per heavy atom. The fourth-order valence-electron chi connectivity index (χ4n) is 2.29. The van der Waals surface area contributed by atoms with Gasteiger partial charge < -0.3 is 11.1 Å². The first-order valence-corrected chi connectivity index (χ1v) is 8.96. The van der Waals surface area contributed by atoms with Crippen LogP contribution >= 0.6 is 11.8 Å². The summed E-state index contributed by atoms with van der Waals surface area (Å²) in [5.74, 6) is 1.54. The summed E-state index contributed by atoms with van der Waals surface area (Å²) in [6.07, 6.45) is 2.73. The molecule has 118 valence electrons. The summed E-state index contributed by atoms with van der Waals surface area (Å²) in [4.78, 5) is 12.3. The predicted molar refractivity (Wildman–Crippen MR) is 94.2 cm³/mol. The van der Waals surface area contributed by atoms with E-state index in [1.165, 1.54) is 11.1 Å². The van der Waals surface area contributed by atoms with Crippen LogP contribution in [-0.2, 0) is 4.79 Å². The van der Waals surface area contributed by atoms with Crippen LogP contribution in [-0.4, -0.2) is 24.0 Å². The minimum atomic E-state index is -0.447. The average Bonchev–Trinajstić information content (AvgIpc) is 2.44. The Morgan fingerprint density at radius 3 is 2.14 bits per heavy atom. The van der Waals surface area contributed by atoms with Gasteiger partial charge in [0.1, 0.15) is 0 Å². The van der Waals surface area contributed by atoms with Crippen LogP contribution in [0.25, 0.3) is 0 Å². The maximum absolute atomic E-state index is 12.3. The Balaban J connectivity index is 3.02. The van der Waals surface area contributed by atoms with Crippen molar-refractivity contribution >= 4 is 23.4 Å². The first-order valence-electron chi connectivity index (χ1n) is 7.56. The number of anilines is 1. The molecule has 0 saturated heterocycles. The summed E-state index contributed by atoms with van der Waals surface area (Å²) in [7, 11) is 0. The van der Waals surface area contributed by atoms with Crippen LogP contribution in [0.15, 0.2) is 18.2 Å². The van der Waals surface area contributed by atoms with Crippen molar-refractivity contribution in [1.82, 2.24) is 0 Å². The number of benzene rings is 1. The van der Waals surface area contributed by atoms with Gasteiger partial charge in [0.05, 0.1) is 6.04 Å². The van der Waals surface area contributed by atoms with Crippen LogP contribution in [0, 0.1) is 0 Å². The number of thioether (sulfide) groups is 1. The van der Waals surface area contributed by atoms with E-state index in [9.17, 15) is 4.79 Å². The standard InChI is InChI=1S/C17H28N2OS/c1-11(2)13-7-6-8-14(12(3)4)16(13)19-17(20)15(18)9-10-21-5/h6-8,11-12,15H,9-10,18H2,1-5H3,(H,19,20)/t15-/m0/s1. The predicted octanol–water partition coefficient (Wildman–Crippen LogP) is 3.95. The molecule has 0 saturated carbocycles. The Hall–Kier alpha value is -1.00. The van der Waals surface area contributed by atoms with E-state index in [0.717, 1.165) is 11.4 Å². The third kappa shape index (κ3) is 5.04. The highest BCUT2D eigenvalue weighted by Crippen LogP contribution is 2.32. The van der Waals surface area contributed by atoms with E-state index in [4.69, 9.17) is 5.73 Å². The van der Waals surface area contributed by atoms with E-state index in [1.807, 2.05) is 6.26 Å². The van der Waals surface area contributed by atoms with Gasteiger partial charge in [-0.05, 0) is 41.4 Å². The van der Waals surface area contributed by atoms with Crippen LogP contribution in [0.1, 0.15) is 57.1 Å². The first-order chi connectivity index (χ1) is 9.88. The number of carbonyl (C=O) groups excluding carboxylic acids is 1. The normalized spacial score (nSPS) is 12.8. The smallest absolute Gasteiger partial charge is 0.241 e. The van der Waals surface area contributed by atoms with Gasteiger partial charge in [-0.2, -0.15) is 11.8 Å². The van der Waals surface area contributed by atoms with Gasteiger partial charge >= 0.3 is 0 Å². The van der Waals surface area contributed by atoms with Gasteiger partial charge in [0.2, 0.25) is 5.91 Å². The van der Waals surface area contributed by atoms with Gasteiger partial charge in [0.15, 0.2) is 0 Å². The van der Waals surface area contributed by atoms with Crippen molar-refractivity contribution in [1.29, 1.82) is 0 Å². The number of carbonyl (C=O) groups is 1. The number of amides is 1. The minimum absolute atomic E-state index is 0.0842. The lowest BCUT2D eigenvalue weighted by molar-refractivity contribution is -0.117. The second kappa shape index (κ2) is 8.44. The fourth-order valence-corrected chi connectivity index (χ4v) is 2.78. The summed E-state index contributed by atoms with van der Waals surface area (Å²) in [6, 6.07) is 5.78. The number of rotatable bonds is 7. The van der Waals surface area contributed by atoms with E-state index in [0.29, 0.717) is 18.3 Å². The van der Waals surface area contributed by atoms with Gasteiger partial charge in [-0.15, -0.1) is 0 Å². The molecule has 1 atom stereocenters. The van der Waals surface area contributed by atoms with Crippen LogP contribution < -0.4 is 11.1 Å². The van der Waals surface area contributed by atoms with Gasteiger partial charge in [-0.1, -0.05) is 45.9 Å². The molecule has 0 bridgehead atoms. The Kier molecular flexibility index (Phi) is 7.26. The molecular weight excluding hydrogens is 280 g/mol. The Morgan fingerprint density at radius 1 is 1.19 bits per heavy atom. The lowest BCUT2D eigenvalue weighted by atomic mass is 9.92. The highest BCUT2D eigenvalue weighted by molar-refractivity contribution is 7.98. The van der Waals surface area contributed by atoms with Crippen LogP contribution in [0.3, 0.4) is 0 Å². The lowest BCUT2D eigenvalue weighted by Crippen LogP contribution is -2.36. The summed E-state index contributed by atoms with van der Waals surface area (Å²) in [5.41, 5.74) is 9.27. The number of hydrogen-bond acceptors (Lipinski definition) is 3. The van der Waals surface area contributed by atoms with Crippen LogP contribution in [0.2, 0.25) is 0 Å². The van der Waals surface area contributed by atoms with Gasteiger partial charge in [0, 0.05) is 5.69 Å². The van der Waals surface area contributed by atoms with Gasteiger partial charge in [-0.25, -0.2) is 0 Å².